The van der Waals surface area contributed by atoms with E-state index in [1.807, 2.05) is 12.3 Å². The SMILES string of the molecule is Cc1cc(CCC(=O)O)c2c(c1Oc1ccc3[nH]cc(C)c3c1)CCC2. The van der Waals surface area contributed by atoms with E-state index >= 15 is 0 Å². The fraction of sp³-hybridized carbons (Fsp3) is 0.318. The highest BCUT2D eigenvalue weighted by atomic mass is 16.5. The second kappa shape index (κ2) is 6.52. The van der Waals surface area contributed by atoms with Crippen LogP contribution in [0.5, 0.6) is 11.5 Å². The van der Waals surface area contributed by atoms with Gasteiger partial charge in [-0.1, -0.05) is 6.07 Å². The molecule has 0 radical (unpaired) electrons. The number of benzene rings is 2. The van der Waals surface area contributed by atoms with Crippen LogP contribution in [0.15, 0.2) is 30.5 Å². The molecular formula is C22H23NO3. The third kappa shape index (κ3) is 2.96. The van der Waals surface area contributed by atoms with Gasteiger partial charge in [0.2, 0.25) is 0 Å². The summed E-state index contributed by atoms with van der Waals surface area (Å²) in [5.74, 6) is 1.05. The zero-order valence-electron chi connectivity index (χ0n) is 15.2. The maximum atomic E-state index is 11.0. The highest BCUT2D eigenvalue weighted by Crippen LogP contribution is 2.39. The highest BCUT2D eigenvalue weighted by molar-refractivity contribution is 5.84. The average molecular weight is 349 g/mol. The Morgan fingerprint density at radius 1 is 1.15 bits per heavy atom. The van der Waals surface area contributed by atoms with Gasteiger partial charge in [0.1, 0.15) is 11.5 Å². The van der Waals surface area contributed by atoms with Crippen molar-refractivity contribution in [1.29, 1.82) is 0 Å². The van der Waals surface area contributed by atoms with Crippen molar-refractivity contribution in [3.05, 3.63) is 58.3 Å². The Morgan fingerprint density at radius 2 is 1.96 bits per heavy atom. The number of fused-ring (bicyclic) bond motifs is 2. The predicted molar refractivity (Wildman–Crippen MR) is 102 cm³/mol. The van der Waals surface area contributed by atoms with E-state index < -0.39 is 5.97 Å². The second-order valence-corrected chi connectivity index (χ2v) is 7.17. The van der Waals surface area contributed by atoms with Crippen LogP contribution in [0, 0.1) is 13.8 Å². The number of hydrogen-bond donors (Lipinski definition) is 2. The van der Waals surface area contributed by atoms with Gasteiger partial charge in [0.05, 0.1) is 0 Å². The third-order valence-electron chi connectivity index (χ3n) is 5.32. The quantitative estimate of drug-likeness (QED) is 0.675. The molecule has 0 atom stereocenters. The Balaban J connectivity index is 1.70. The van der Waals surface area contributed by atoms with E-state index in [2.05, 4.69) is 37.0 Å². The first kappa shape index (κ1) is 16.7. The summed E-state index contributed by atoms with van der Waals surface area (Å²) in [6.07, 6.45) is 5.89. The molecule has 4 heteroatoms. The topological polar surface area (TPSA) is 62.3 Å². The molecule has 1 aliphatic carbocycles. The lowest BCUT2D eigenvalue weighted by Gasteiger charge is -2.17. The monoisotopic (exact) mass is 349 g/mol. The summed E-state index contributed by atoms with van der Waals surface area (Å²) in [5.41, 5.74) is 7.12. The van der Waals surface area contributed by atoms with Crippen LogP contribution in [0.2, 0.25) is 0 Å². The zero-order chi connectivity index (χ0) is 18.3. The summed E-state index contributed by atoms with van der Waals surface area (Å²) in [5, 5.41) is 10.2. The first-order valence-corrected chi connectivity index (χ1v) is 9.14. The summed E-state index contributed by atoms with van der Waals surface area (Å²) in [6, 6.07) is 8.24. The van der Waals surface area contributed by atoms with Gasteiger partial charge in [0.15, 0.2) is 0 Å². The maximum absolute atomic E-state index is 11.0. The third-order valence-corrected chi connectivity index (χ3v) is 5.32. The van der Waals surface area contributed by atoms with Gasteiger partial charge in [-0.15, -0.1) is 0 Å². The number of aliphatic carboxylic acids is 1. The van der Waals surface area contributed by atoms with Crippen LogP contribution in [-0.2, 0) is 24.1 Å². The van der Waals surface area contributed by atoms with Gasteiger partial charge in [0.25, 0.3) is 0 Å². The molecule has 0 bridgehead atoms. The lowest BCUT2D eigenvalue weighted by Crippen LogP contribution is -2.03. The largest absolute Gasteiger partial charge is 0.481 e. The standard InChI is InChI=1S/C22H23NO3/c1-13-10-15(6-9-21(24)25)17-4-3-5-18(17)22(13)26-16-7-8-20-19(11-16)14(2)12-23-20/h7-8,10-12,23H,3-6,9H2,1-2H3,(H,24,25). The molecule has 2 N–H and O–H groups in total. The molecule has 0 aliphatic heterocycles. The number of carboxylic acids is 1. The summed E-state index contributed by atoms with van der Waals surface area (Å²) >= 11 is 0. The Morgan fingerprint density at radius 3 is 2.77 bits per heavy atom. The van der Waals surface area contributed by atoms with Gasteiger partial charge in [-0.2, -0.15) is 0 Å². The van der Waals surface area contributed by atoms with E-state index in [-0.39, 0.29) is 6.42 Å². The van der Waals surface area contributed by atoms with Crippen molar-refractivity contribution in [2.75, 3.05) is 0 Å². The van der Waals surface area contributed by atoms with Crippen LogP contribution >= 0.6 is 0 Å². The van der Waals surface area contributed by atoms with Gasteiger partial charge < -0.3 is 14.8 Å². The molecule has 0 unspecified atom stereocenters. The lowest BCUT2D eigenvalue weighted by molar-refractivity contribution is -0.136. The van der Waals surface area contributed by atoms with Gasteiger partial charge in [0, 0.05) is 23.5 Å². The Bertz CT molecular complexity index is 1000. The molecule has 0 amide bonds. The summed E-state index contributed by atoms with van der Waals surface area (Å²) in [4.78, 5) is 14.2. The number of ether oxygens (including phenoxy) is 1. The number of aromatic nitrogens is 1. The number of hydrogen-bond acceptors (Lipinski definition) is 2. The fourth-order valence-electron chi connectivity index (χ4n) is 4.03. The van der Waals surface area contributed by atoms with Gasteiger partial charge in [-0.05, 0) is 85.5 Å². The number of aryl methyl sites for hydroxylation is 3. The molecular weight excluding hydrogens is 326 g/mol. The van der Waals surface area contributed by atoms with Gasteiger partial charge in [-0.3, -0.25) is 4.79 Å². The molecule has 3 aromatic rings. The Labute approximate surface area is 152 Å². The molecule has 4 nitrogen and oxygen atoms in total. The van der Waals surface area contributed by atoms with Gasteiger partial charge in [-0.25, -0.2) is 0 Å². The van der Waals surface area contributed by atoms with Crippen LogP contribution in [-0.4, -0.2) is 16.1 Å². The molecule has 0 saturated heterocycles. The second-order valence-electron chi connectivity index (χ2n) is 7.17. The zero-order valence-corrected chi connectivity index (χ0v) is 15.2. The molecule has 4 rings (SSSR count). The van der Waals surface area contributed by atoms with Crippen LogP contribution in [0.1, 0.15) is 40.7 Å². The first-order valence-electron chi connectivity index (χ1n) is 9.14. The number of rotatable bonds is 5. The van der Waals surface area contributed by atoms with Crippen molar-refractivity contribution >= 4 is 16.9 Å². The number of carbonyl (C=O) groups is 1. The minimum atomic E-state index is -0.745. The molecule has 1 heterocycles. The fourth-order valence-corrected chi connectivity index (χ4v) is 4.03. The number of aromatic amines is 1. The smallest absolute Gasteiger partial charge is 0.303 e. The average Bonchev–Trinajstić information content (AvgIpc) is 3.23. The van der Waals surface area contributed by atoms with Gasteiger partial charge >= 0.3 is 5.97 Å². The van der Waals surface area contributed by atoms with E-state index in [1.165, 1.54) is 27.6 Å². The van der Waals surface area contributed by atoms with Crippen molar-refractivity contribution in [2.24, 2.45) is 0 Å². The molecule has 0 fully saturated rings. The molecule has 0 saturated carbocycles. The molecule has 1 aromatic heterocycles. The van der Waals surface area contributed by atoms with Crippen molar-refractivity contribution in [3.8, 4) is 11.5 Å². The highest BCUT2D eigenvalue weighted by Gasteiger charge is 2.22. The summed E-state index contributed by atoms with van der Waals surface area (Å²) in [6.45, 7) is 4.14. The number of carboxylic acid groups (broad SMARTS) is 1. The van der Waals surface area contributed by atoms with Crippen LogP contribution in [0.3, 0.4) is 0 Å². The van der Waals surface area contributed by atoms with E-state index in [9.17, 15) is 4.79 Å². The molecule has 0 spiro atoms. The lowest BCUT2D eigenvalue weighted by atomic mass is 9.95. The normalized spacial score (nSPS) is 13.2. The van der Waals surface area contributed by atoms with Crippen molar-refractivity contribution < 1.29 is 14.6 Å². The molecule has 26 heavy (non-hydrogen) atoms. The summed E-state index contributed by atoms with van der Waals surface area (Å²) in [7, 11) is 0. The minimum absolute atomic E-state index is 0.176. The van der Waals surface area contributed by atoms with E-state index in [1.54, 1.807) is 0 Å². The molecule has 1 aliphatic rings. The maximum Gasteiger partial charge on any atom is 0.303 e. The van der Waals surface area contributed by atoms with Crippen LogP contribution in [0.25, 0.3) is 10.9 Å². The minimum Gasteiger partial charge on any atom is -0.481 e. The molecule has 134 valence electrons. The first-order chi connectivity index (χ1) is 12.5. The number of nitrogens with one attached hydrogen (secondary N) is 1. The number of H-pyrrole nitrogens is 1. The van der Waals surface area contributed by atoms with E-state index in [0.29, 0.717) is 6.42 Å². The van der Waals surface area contributed by atoms with E-state index in [0.717, 1.165) is 41.8 Å². The van der Waals surface area contributed by atoms with Crippen LogP contribution < -0.4 is 4.74 Å². The Kier molecular flexibility index (Phi) is 4.19. The molecule has 2 aromatic carbocycles. The van der Waals surface area contributed by atoms with Crippen LogP contribution in [0.4, 0.5) is 0 Å². The predicted octanol–water partition coefficient (Wildman–Crippen LogP) is 5.08. The van der Waals surface area contributed by atoms with Crippen molar-refractivity contribution in [2.45, 2.75) is 46.0 Å². The van der Waals surface area contributed by atoms with E-state index in [4.69, 9.17) is 9.84 Å². The van der Waals surface area contributed by atoms with Crippen molar-refractivity contribution in [3.63, 3.8) is 0 Å². The Hall–Kier alpha value is -2.75. The van der Waals surface area contributed by atoms with Crippen molar-refractivity contribution in [1.82, 2.24) is 4.98 Å². The summed E-state index contributed by atoms with van der Waals surface area (Å²) < 4.78 is 6.33.